The number of carbonyl (C=O) groups excluding carboxylic acids is 2. The van der Waals surface area contributed by atoms with Crippen molar-refractivity contribution in [2.75, 3.05) is 5.01 Å². The summed E-state index contributed by atoms with van der Waals surface area (Å²) in [4.78, 5) is 25.1. The predicted octanol–water partition coefficient (Wildman–Crippen LogP) is 0.111. The van der Waals surface area contributed by atoms with Crippen LogP contribution in [-0.2, 0) is 9.59 Å². The summed E-state index contributed by atoms with van der Waals surface area (Å²) in [6.07, 6.45) is 7.86. The van der Waals surface area contributed by atoms with Crippen LogP contribution in [0.2, 0.25) is 0 Å². The fourth-order valence-electron chi connectivity index (χ4n) is 3.80. The molecular formula is C12H12N4O2. The van der Waals surface area contributed by atoms with Crippen molar-refractivity contribution in [2.45, 2.75) is 13.3 Å². The summed E-state index contributed by atoms with van der Waals surface area (Å²) in [5, 5.41) is 8.51. The lowest BCUT2D eigenvalue weighted by Gasteiger charge is -2.27. The van der Waals surface area contributed by atoms with Gasteiger partial charge >= 0.3 is 0 Å². The second kappa shape index (κ2) is 2.88. The van der Waals surface area contributed by atoms with Crippen molar-refractivity contribution < 1.29 is 9.59 Å². The van der Waals surface area contributed by atoms with E-state index in [4.69, 9.17) is 0 Å². The molecule has 0 aromatic carbocycles. The molecule has 1 aliphatic heterocycles. The third-order valence-corrected chi connectivity index (χ3v) is 4.73. The largest absolute Gasteiger partial charge is 0.272 e. The molecule has 6 heteroatoms. The summed E-state index contributed by atoms with van der Waals surface area (Å²) in [7, 11) is 0. The molecule has 1 saturated carbocycles. The number of hydrogen-bond acceptors (Lipinski definition) is 4. The zero-order valence-electron chi connectivity index (χ0n) is 9.85. The Morgan fingerprint density at radius 1 is 1.28 bits per heavy atom. The number of amides is 2. The number of allylic oxidation sites excluding steroid dienone is 2. The maximum atomic E-state index is 12.6. The molecule has 4 atom stereocenters. The van der Waals surface area contributed by atoms with Crippen molar-refractivity contribution in [3.63, 3.8) is 0 Å². The molecule has 2 bridgehead atoms. The van der Waals surface area contributed by atoms with Gasteiger partial charge in [-0.2, -0.15) is 5.01 Å². The van der Waals surface area contributed by atoms with E-state index in [1.807, 2.05) is 6.92 Å². The molecule has 6 nitrogen and oxygen atoms in total. The van der Waals surface area contributed by atoms with E-state index in [9.17, 15) is 9.59 Å². The molecule has 2 heterocycles. The summed E-state index contributed by atoms with van der Waals surface area (Å²) >= 11 is 0. The number of imide groups is 1. The Kier molecular flexibility index (Phi) is 1.60. The monoisotopic (exact) mass is 244 g/mol. The number of aromatic nitrogens is 3. The van der Waals surface area contributed by atoms with Crippen LogP contribution in [0.3, 0.4) is 0 Å². The van der Waals surface area contributed by atoms with Crippen molar-refractivity contribution in [3.05, 3.63) is 24.8 Å². The minimum atomic E-state index is -0.583. The number of nitrogens with zero attached hydrogens (tertiary/aromatic N) is 4. The van der Waals surface area contributed by atoms with Crippen LogP contribution in [0.25, 0.3) is 0 Å². The Hall–Kier alpha value is -1.98. The smallest absolute Gasteiger partial charge is 0.256 e. The molecule has 3 aliphatic rings. The average molecular weight is 244 g/mol. The highest BCUT2D eigenvalue weighted by molar-refractivity contribution is 6.19. The summed E-state index contributed by atoms with van der Waals surface area (Å²) in [6.45, 7) is 1.91. The number of fused-ring (bicyclic) bond motifs is 5. The van der Waals surface area contributed by atoms with Gasteiger partial charge in [-0.1, -0.05) is 12.2 Å². The molecule has 0 N–H and O–H groups in total. The topological polar surface area (TPSA) is 68.1 Å². The molecule has 4 rings (SSSR count). The number of rotatable bonds is 1. The van der Waals surface area contributed by atoms with Crippen LogP contribution in [0.5, 0.6) is 0 Å². The van der Waals surface area contributed by atoms with E-state index < -0.39 is 5.41 Å². The van der Waals surface area contributed by atoms with Crippen molar-refractivity contribution >= 4 is 11.8 Å². The van der Waals surface area contributed by atoms with Crippen molar-refractivity contribution in [1.29, 1.82) is 0 Å². The quantitative estimate of drug-likeness (QED) is 0.519. The van der Waals surface area contributed by atoms with Gasteiger partial charge in [0.2, 0.25) is 0 Å². The summed E-state index contributed by atoms with van der Waals surface area (Å²) < 4.78 is 1.38. The fourth-order valence-corrected chi connectivity index (χ4v) is 3.80. The van der Waals surface area contributed by atoms with Crippen LogP contribution in [0.15, 0.2) is 24.8 Å². The van der Waals surface area contributed by atoms with Gasteiger partial charge in [0.25, 0.3) is 11.8 Å². The van der Waals surface area contributed by atoms with Gasteiger partial charge in [-0.25, -0.2) is 4.68 Å². The average Bonchev–Trinajstić information content (AvgIpc) is 3.04. The summed E-state index contributed by atoms with van der Waals surface area (Å²) in [6, 6.07) is 0. The van der Waals surface area contributed by atoms with Crippen LogP contribution >= 0.6 is 0 Å². The van der Waals surface area contributed by atoms with Gasteiger partial charge in [0.05, 0.1) is 11.3 Å². The van der Waals surface area contributed by atoms with Crippen molar-refractivity contribution in [1.82, 2.24) is 14.9 Å². The molecule has 18 heavy (non-hydrogen) atoms. The molecule has 2 aliphatic carbocycles. The van der Waals surface area contributed by atoms with Gasteiger partial charge in [0.15, 0.2) is 0 Å². The van der Waals surface area contributed by atoms with Crippen LogP contribution < -0.4 is 5.01 Å². The van der Waals surface area contributed by atoms with Gasteiger partial charge in [-0.05, 0) is 25.2 Å². The summed E-state index contributed by atoms with van der Waals surface area (Å²) in [5.74, 6) is -0.0842. The van der Waals surface area contributed by atoms with E-state index in [1.165, 1.54) is 22.3 Å². The predicted molar refractivity (Wildman–Crippen MR) is 60.6 cm³/mol. The second-order valence-electron chi connectivity index (χ2n) is 5.45. The van der Waals surface area contributed by atoms with E-state index in [-0.39, 0.29) is 29.6 Å². The van der Waals surface area contributed by atoms with Crippen LogP contribution in [0, 0.1) is 23.2 Å². The van der Waals surface area contributed by atoms with Gasteiger partial charge in [-0.3, -0.25) is 9.59 Å². The molecule has 2 amide bonds. The SMILES string of the molecule is C[C@@]12C(=O)N(n3cnnc3)C(=O)[C@H]1[C@H]1C=C[C@@H]2C1. The standard InChI is InChI=1S/C12H12N4O2/c1-12-8-3-2-7(4-8)9(12)10(17)16(11(12)18)15-5-13-14-6-15/h2-3,5-9H,4H2,1H3/t7-,8+,9+,12-/m0/s1. The van der Waals surface area contributed by atoms with E-state index in [0.717, 1.165) is 6.42 Å². The van der Waals surface area contributed by atoms with Crippen LogP contribution in [0.1, 0.15) is 13.3 Å². The molecule has 2 fully saturated rings. The minimum Gasteiger partial charge on any atom is -0.272 e. The van der Waals surface area contributed by atoms with Gasteiger partial charge in [0, 0.05) is 0 Å². The Morgan fingerprint density at radius 2 is 2.00 bits per heavy atom. The normalized spacial score (nSPS) is 40.9. The van der Waals surface area contributed by atoms with Gasteiger partial charge < -0.3 is 0 Å². The van der Waals surface area contributed by atoms with E-state index in [1.54, 1.807) is 0 Å². The number of hydrogen-bond donors (Lipinski definition) is 0. The second-order valence-corrected chi connectivity index (χ2v) is 5.45. The Balaban J connectivity index is 1.85. The van der Waals surface area contributed by atoms with Crippen LogP contribution in [-0.4, -0.2) is 26.7 Å². The highest BCUT2D eigenvalue weighted by Gasteiger charge is 2.67. The van der Waals surface area contributed by atoms with E-state index in [0.29, 0.717) is 0 Å². The first-order chi connectivity index (χ1) is 8.64. The van der Waals surface area contributed by atoms with E-state index >= 15 is 0 Å². The first kappa shape index (κ1) is 9.99. The van der Waals surface area contributed by atoms with Gasteiger partial charge in [-0.15, -0.1) is 10.2 Å². The molecule has 1 aromatic heterocycles. The first-order valence-corrected chi connectivity index (χ1v) is 6.05. The molecule has 1 aromatic rings. The van der Waals surface area contributed by atoms with Crippen LogP contribution in [0.4, 0.5) is 0 Å². The lowest BCUT2D eigenvalue weighted by molar-refractivity contribution is -0.128. The zero-order chi connectivity index (χ0) is 12.5. The third kappa shape index (κ3) is 0.878. The fraction of sp³-hybridized carbons (Fsp3) is 0.500. The third-order valence-electron chi connectivity index (χ3n) is 4.73. The molecule has 0 spiro atoms. The molecule has 0 radical (unpaired) electrons. The lowest BCUT2D eigenvalue weighted by atomic mass is 9.71. The highest BCUT2D eigenvalue weighted by Crippen LogP contribution is 2.59. The Bertz CT molecular complexity index is 579. The molecule has 1 saturated heterocycles. The maximum Gasteiger partial charge on any atom is 0.256 e. The van der Waals surface area contributed by atoms with Crippen molar-refractivity contribution in [2.24, 2.45) is 23.2 Å². The Labute approximate surface area is 103 Å². The Morgan fingerprint density at radius 3 is 2.67 bits per heavy atom. The first-order valence-electron chi connectivity index (χ1n) is 6.05. The molecule has 92 valence electrons. The number of carbonyl (C=O) groups is 2. The van der Waals surface area contributed by atoms with E-state index in [2.05, 4.69) is 22.3 Å². The highest BCUT2D eigenvalue weighted by atomic mass is 16.2. The minimum absolute atomic E-state index is 0.126. The van der Waals surface area contributed by atoms with Crippen molar-refractivity contribution in [3.8, 4) is 0 Å². The van der Waals surface area contributed by atoms with Gasteiger partial charge in [0.1, 0.15) is 12.7 Å². The maximum absolute atomic E-state index is 12.6. The summed E-state index contributed by atoms with van der Waals surface area (Å²) in [5.41, 5.74) is -0.583. The molecule has 0 unspecified atom stereocenters. The zero-order valence-corrected chi connectivity index (χ0v) is 9.85. The molecular weight excluding hydrogens is 232 g/mol. The lowest BCUT2D eigenvalue weighted by Crippen LogP contribution is -2.43.